The predicted molar refractivity (Wildman–Crippen MR) is 90.0 cm³/mol. The molecule has 6 heteroatoms. The molecule has 0 aromatic carbocycles. The van der Waals surface area contributed by atoms with E-state index < -0.39 is 0 Å². The Labute approximate surface area is 136 Å². The van der Waals surface area contributed by atoms with Crippen LogP contribution in [0.4, 0.5) is 0 Å². The summed E-state index contributed by atoms with van der Waals surface area (Å²) < 4.78 is 0. The lowest BCUT2D eigenvalue weighted by molar-refractivity contribution is 0.270. The lowest BCUT2D eigenvalue weighted by Gasteiger charge is -2.31. The van der Waals surface area contributed by atoms with Gasteiger partial charge in [-0.1, -0.05) is 18.5 Å². The number of hydrogen-bond acceptors (Lipinski definition) is 2. The summed E-state index contributed by atoms with van der Waals surface area (Å²) in [6.45, 7) is 4.77. The molecule has 0 aliphatic carbocycles. The zero-order valence-electron chi connectivity index (χ0n) is 11.1. The molecule has 0 amide bonds. The van der Waals surface area contributed by atoms with E-state index in [0.29, 0.717) is 23.4 Å². The zero-order valence-corrected chi connectivity index (χ0v) is 14.1. The number of rotatable bonds is 2. The molecule has 1 aliphatic rings. The van der Waals surface area contributed by atoms with E-state index in [2.05, 4.69) is 21.8 Å². The van der Waals surface area contributed by atoms with E-state index in [1.54, 1.807) is 6.20 Å². The second kappa shape index (κ2) is 7.89. The Morgan fingerprint density at radius 2 is 2.37 bits per heavy atom. The summed E-state index contributed by atoms with van der Waals surface area (Å²) in [6.07, 6.45) is 4.10. The van der Waals surface area contributed by atoms with Gasteiger partial charge in [-0.15, -0.1) is 24.0 Å². The summed E-state index contributed by atoms with van der Waals surface area (Å²) in [6, 6.07) is 3.69. The van der Waals surface area contributed by atoms with Crippen LogP contribution in [0.3, 0.4) is 0 Å². The van der Waals surface area contributed by atoms with Crippen molar-refractivity contribution in [3.05, 3.63) is 29.0 Å². The van der Waals surface area contributed by atoms with Gasteiger partial charge in [-0.3, -0.25) is 4.98 Å². The van der Waals surface area contributed by atoms with Crippen LogP contribution in [0.15, 0.2) is 23.3 Å². The van der Waals surface area contributed by atoms with Gasteiger partial charge in [-0.2, -0.15) is 0 Å². The quantitative estimate of drug-likeness (QED) is 0.477. The van der Waals surface area contributed by atoms with Crippen molar-refractivity contribution in [1.82, 2.24) is 9.88 Å². The Bertz CT molecular complexity index is 421. The minimum absolute atomic E-state index is 0. The Balaban J connectivity index is 0.00000180. The van der Waals surface area contributed by atoms with E-state index in [0.717, 1.165) is 18.8 Å². The molecule has 1 saturated heterocycles. The van der Waals surface area contributed by atoms with Crippen LogP contribution in [0, 0.1) is 5.92 Å². The highest BCUT2D eigenvalue weighted by molar-refractivity contribution is 14.0. The molecule has 1 aromatic rings. The second-order valence-corrected chi connectivity index (χ2v) is 5.27. The molecule has 4 nitrogen and oxygen atoms in total. The minimum atomic E-state index is 0. The van der Waals surface area contributed by atoms with Crippen LogP contribution >= 0.6 is 35.6 Å². The first-order valence-electron chi connectivity index (χ1n) is 6.30. The van der Waals surface area contributed by atoms with Gasteiger partial charge in [-0.25, -0.2) is 4.99 Å². The molecule has 1 atom stereocenters. The van der Waals surface area contributed by atoms with E-state index in [1.165, 1.54) is 12.8 Å². The van der Waals surface area contributed by atoms with Gasteiger partial charge < -0.3 is 10.6 Å². The summed E-state index contributed by atoms with van der Waals surface area (Å²) >= 11 is 5.78. The van der Waals surface area contributed by atoms with Crippen LogP contribution in [0.25, 0.3) is 0 Å². The molecule has 1 aromatic heterocycles. The first kappa shape index (κ1) is 16.5. The van der Waals surface area contributed by atoms with Gasteiger partial charge in [-0.05, 0) is 30.9 Å². The van der Waals surface area contributed by atoms with Crippen molar-refractivity contribution in [2.45, 2.75) is 26.3 Å². The number of halogens is 2. The van der Waals surface area contributed by atoms with Gasteiger partial charge in [0.25, 0.3) is 0 Å². The van der Waals surface area contributed by atoms with E-state index in [-0.39, 0.29) is 24.0 Å². The smallest absolute Gasteiger partial charge is 0.191 e. The van der Waals surface area contributed by atoms with Crippen LogP contribution < -0.4 is 5.73 Å². The fourth-order valence-electron chi connectivity index (χ4n) is 2.16. The fraction of sp³-hybridized carbons (Fsp3) is 0.538. The number of nitrogens with zero attached hydrogens (tertiary/aromatic N) is 3. The zero-order chi connectivity index (χ0) is 13.0. The number of guanidine groups is 1. The van der Waals surface area contributed by atoms with Gasteiger partial charge in [0, 0.05) is 19.3 Å². The molecule has 0 bridgehead atoms. The number of aliphatic imine (C=N–C) groups is 1. The fourth-order valence-corrected chi connectivity index (χ4v) is 2.27. The average Bonchev–Trinajstić information content (AvgIpc) is 2.38. The Kier molecular flexibility index (Phi) is 6.85. The third-order valence-electron chi connectivity index (χ3n) is 3.17. The summed E-state index contributed by atoms with van der Waals surface area (Å²) in [5.41, 5.74) is 6.89. The highest BCUT2D eigenvalue weighted by atomic mass is 127. The van der Waals surface area contributed by atoms with E-state index in [4.69, 9.17) is 17.3 Å². The normalized spacial score (nSPS) is 20.0. The van der Waals surface area contributed by atoms with Crippen molar-refractivity contribution in [3.63, 3.8) is 0 Å². The molecular formula is C13H20ClIN4. The third-order valence-corrected chi connectivity index (χ3v) is 3.40. The first-order chi connectivity index (χ1) is 8.65. The van der Waals surface area contributed by atoms with Crippen LogP contribution in [0.5, 0.6) is 0 Å². The molecule has 1 aliphatic heterocycles. The molecule has 2 heterocycles. The van der Waals surface area contributed by atoms with Crippen molar-refractivity contribution >= 4 is 41.5 Å². The maximum atomic E-state index is 6.01. The van der Waals surface area contributed by atoms with Crippen LogP contribution in [-0.2, 0) is 6.54 Å². The SMILES string of the molecule is CC1CCCN(C(N)=NCc2ccc(Cl)cn2)C1.I. The van der Waals surface area contributed by atoms with Gasteiger partial charge in [0.15, 0.2) is 5.96 Å². The Hall–Kier alpha value is -0.560. The number of nitrogens with two attached hydrogens (primary N) is 1. The standard InChI is InChI=1S/C13H19ClN4.HI/c1-10-3-2-6-18(9-10)13(15)17-8-12-5-4-11(14)7-16-12;/h4-5,7,10H,2-3,6,8-9H2,1H3,(H2,15,17);1H. The molecule has 106 valence electrons. The predicted octanol–water partition coefficient (Wildman–Crippen LogP) is 2.90. The number of aromatic nitrogens is 1. The van der Waals surface area contributed by atoms with Crippen molar-refractivity contribution in [2.24, 2.45) is 16.6 Å². The summed E-state index contributed by atoms with van der Waals surface area (Å²) in [7, 11) is 0. The molecule has 1 fully saturated rings. The van der Waals surface area contributed by atoms with Crippen LogP contribution in [0.2, 0.25) is 5.02 Å². The first-order valence-corrected chi connectivity index (χ1v) is 6.68. The molecule has 19 heavy (non-hydrogen) atoms. The van der Waals surface area contributed by atoms with Crippen molar-refractivity contribution < 1.29 is 0 Å². The Morgan fingerprint density at radius 3 is 3.00 bits per heavy atom. The molecule has 0 spiro atoms. The van der Waals surface area contributed by atoms with Gasteiger partial charge in [0.05, 0.1) is 17.3 Å². The number of piperidine rings is 1. The third kappa shape index (κ3) is 5.14. The largest absolute Gasteiger partial charge is 0.370 e. The Morgan fingerprint density at radius 1 is 1.58 bits per heavy atom. The van der Waals surface area contributed by atoms with Gasteiger partial charge in [0.2, 0.25) is 0 Å². The van der Waals surface area contributed by atoms with Crippen molar-refractivity contribution in [2.75, 3.05) is 13.1 Å². The average molecular weight is 395 g/mol. The second-order valence-electron chi connectivity index (χ2n) is 4.84. The number of likely N-dealkylation sites (tertiary alicyclic amines) is 1. The number of hydrogen-bond donors (Lipinski definition) is 1. The lowest BCUT2D eigenvalue weighted by atomic mass is 10.0. The highest BCUT2D eigenvalue weighted by Gasteiger charge is 2.17. The molecule has 2 rings (SSSR count). The highest BCUT2D eigenvalue weighted by Crippen LogP contribution is 2.15. The van der Waals surface area contributed by atoms with Crippen LogP contribution in [-0.4, -0.2) is 28.9 Å². The van der Waals surface area contributed by atoms with E-state index in [9.17, 15) is 0 Å². The molecule has 0 radical (unpaired) electrons. The minimum Gasteiger partial charge on any atom is -0.370 e. The topological polar surface area (TPSA) is 54.5 Å². The van der Waals surface area contributed by atoms with E-state index in [1.807, 2.05) is 12.1 Å². The van der Waals surface area contributed by atoms with Gasteiger partial charge >= 0.3 is 0 Å². The summed E-state index contributed by atoms with van der Waals surface area (Å²) in [5, 5.41) is 0.639. The maximum absolute atomic E-state index is 6.01. The monoisotopic (exact) mass is 394 g/mol. The summed E-state index contributed by atoms with van der Waals surface area (Å²) in [4.78, 5) is 10.8. The lowest BCUT2D eigenvalue weighted by Crippen LogP contribution is -2.43. The number of pyridine rings is 1. The molecule has 0 saturated carbocycles. The summed E-state index contributed by atoms with van der Waals surface area (Å²) in [5.74, 6) is 1.32. The van der Waals surface area contributed by atoms with Crippen molar-refractivity contribution in [1.29, 1.82) is 0 Å². The molecule has 2 N–H and O–H groups in total. The van der Waals surface area contributed by atoms with Crippen LogP contribution in [0.1, 0.15) is 25.5 Å². The van der Waals surface area contributed by atoms with Gasteiger partial charge in [0.1, 0.15) is 0 Å². The maximum Gasteiger partial charge on any atom is 0.191 e. The van der Waals surface area contributed by atoms with Crippen molar-refractivity contribution in [3.8, 4) is 0 Å². The molecular weight excluding hydrogens is 375 g/mol. The van der Waals surface area contributed by atoms with E-state index >= 15 is 0 Å². The molecule has 1 unspecified atom stereocenters.